The van der Waals surface area contributed by atoms with Gasteiger partial charge in [0.05, 0.1) is 11.5 Å². The van der Waals surface area contributed by atoms with Crippen molar-refractivity contribution >= 4 is 11.0 Å². The number of hydrogen-bond donors (Lipinski definition) is 2. The van der Waals surface area contributed by atoms with E-state index >= 15 is 0 Å². The summed E-state index contributed by atoms with van der Waals surface area (Å²) < 4.78 is 4.97. The highest BCUT2D eigenvalue weighted by Crippen LogP contribution is 2.30. The highest BCUT2D eigenvalue weighted by Gasteiger charge is 2.11. The molecule has 2 rings (SSSR count). The molecule has 0 spiro atoms. The fourth-order valence-electron chi connectivity index (χ4n) is 1.60. The molecule has 0 unspecified atom stereocenters. The van der Waals surface area contributed by atoms with Gasteiger partial charge in [-0.2, -0.15) is 0 Å². The third-order valence-electron chi connectivity index (χ3n) is 2.32. The first-order valence-electron chi connectivity index (χ1n) is 4.61. The average Bonchev–Trinajstić information content (AvgIpc) is 2.17. The van der Waals surface area contributed by atoms with E-state index in [2.05, 4.69) is 0 Å². The topological polar surface area (TPSA) is 70.7 Å². The smallest absolute Gasteiger partial charge is 0.339 e. The van der Waals surface area contributed by atoms with Crippen LogP contribution in [-0.2, 0) is 6.42 Å². The van der Waals surface area contributed by atoms with E-state index in [-0.39, 0.29) is 17.1 Å². The van der Waals surface area contributed by atoms with Gasteiger partial charge >= 0.3 is 5.63 Å². The molecule has 2 aromatic rings. The van der Waals surface area contributed by atoms with E-state index in [1.54, 1.807) is 0 Å². The summed E-state index contributed by atoms with van der Waals surface area (Å²) in [4.78, 5) is 11.1. The van der Waals surface area contributed by atoms with Crippen LogP contribution in [0.3, 0.4) is 0 Å². The molecule has 1 heterocycles. The van der Waals surface area contributed by atoms with Crippen LogP contribution in [0, 0.1) is 0 Å². The Labute approximate surface area is 85.4 Å². The van der Waals surface area contributed by atoms with Crippen LogP contribution in [0.4, 0.5) is 0 Å². The van der Waals surface area contributed by atoms with Gasteiger partial charge in [-0.05, 0) is 18.6 Å². The molecular weight excluding hydrogens is 196 g/mol. The monoisotopic (exact) mass is 206 g/mol. The molecular formula is C11H10O4. The largest absolute Gasteiger partial charge is 0.508 e. The highest BCUT2D eigenvalue weighted by atomic mass is 16.4. The minimum Gasteiger partial charge on any atom is -0.508 e. The van der Waals surface area contributed by atoms with Gasteiger partial charge in [0.25, 0.3) is 0 Å². The molecule has 0 amide bonds. The Morgan fingerprint density at radius 2 is 2.00 bits per heavy atom. The molecule has 1 aromatic heterocycles. The predicted octanol–water partition coefficient (Wildman–Crippen LogP) is 1.77. The van der Waals surface area contributed by atoms with Gasteiger partial charge in [-0.1, -0.05) is 6.92 Å². The molecule has 2 N–H and O–H groups in total. The molecule has 1 aromatic carbocycles. The van der Waals surface area contributed by atoms with Gasteiger partial charge in [-0.25, -0.2) is 4.79 Å². The van der Waals surface area contributed by atoms with E-state index in [9.17, 15) is 15.0 Å². The molecule has 0 fully saturated rings. The molecule has 78 valence electrons. The fourth-order valence-corrected chi connectivity index (χ4v) is 1.60. The van der Waals surface area contributed by atoms with Gasteiger partial charge in [0.1, 0.15) is 17.1 Å². The standard InChI is InChI=1S/C11H10O4/c1-2-6-8(12)4-3-7-9(13)5-10(14)15-11(6)7/h3-5,12-13H,2H2,1H3. The lowest BCUT2D eigenvalue weighted by Crippen LogP contribution is -1.97. The Morgan fingerprint density at radius 3 is 2.67 bits per heavy atom. The van der Waals surface area contributed by atoms with Crippen molar-refractivity contribution in [3.63, 3.8) is 0 Å². The SMILES string of the molecule is CCc1c(O)ccc2c(O)cc(=O)oc12. The number of aryl methyl sites for hydroxylation is 1. The van der Waals surface area contributed by atoms with Crippen molar-refractivity contribution in [1.29, 1.82) is 0 Å². The van der Waals surface area contributed by atoms with Crippen LogP contribution in [-0.4, -0.2) is 10.2 Å². The summed E-state index contributed by atoms with van der Waals surface area (Å²) >= 11 is 0. The quantitative estimate of drug-likeness (QED) is 0.697. The van der Waals surface area contributed by atoms with E-state index in [1.807, 2.05) is 6.92 Å². The third kappa shape index (κ3) is 1.44. The number of fused-ring (bicyclic) bond motifs is 1. The minimum atomic E-state index is -0.625. The summed E-state index contributed by atoms with van der Waals surface area (Å²) in [6.07, 6.45) is 0.523. The lowest BCUT2D eigenvalue weighted by molar-refractivity contribution is 0.458. The zero-order chi connectivity index (χ0) is 11.0. The first-order valence-corrected chi connectivity index (χ1v) is 4.61. The van der Waals surface area contributed by atoms with E-state index < -0.39 is 5.63 Å². The maximum Gasteiger partial charge on any atom is 0.339 e. The Bertz CT molecular complexity index is 569. The highest BCUT2D eigenvalue weighted by molar-refractivity contribution is 5.87. The Balaban J connectivity index is 2.97. The summed E-state index contributed by atoms with van der Waals surface area (Å²) in [5, 5.41) is 19.5. The molecule has 4 nitrogen and oxygen atoms in total. The zero-order valence-electron chi connectivity index (χ0n) is 8.15. The summed E-state index contributed by atoms with van der Waals surface area (Å²) in [6, 6.07) is 4.00. The van der Waals surface area contributed by atoms with Crippen LogP contribution in [0.25, 0.3) is 11.0 Å². The molecule has 4 heteroatoms. The van der Waals surface area contributed by atoms with E-state index in [0.717, 1.165) is 6.07 Å². The maximum absolute atomic E-state index is 11.1. The number of aromatic hydroxyl groups is 2. The van der Waals surface area contributed by atoms with Crippen LogP contribution in [0.2, 0.25) is 0 Å². The number of phenols is 1. The van der Waals surface area contributed by atoms with Crippen LogP contribution >= 0.6 is 0 Å². The minimum absolute atomic E-state index is 0.0683. The van der Waals surface area contributed by atoms with Gasteiger partial charge < -0.3 is 14.6 Å². The Morgan fingerprint density at radius 1 is 1.27 bits per heavy atom. The number of phenolic OH excluding ortho intramolecular Hbond substituents is 1. The zero-order valence-corrected chi connectivity index (χ0v) is 8.15. The Hall–Kier alpha value is -1.97. The molecule has 0 aliphatic rings. The van der Waals surface area contributed by atoms with Crippen molar-refractivity contribution in [2.24, 2.45) is 0 Å². The molecule has 0 aliphatic heterocycles. The molecule has 15 heavy (non-hydrogen) atoms. The van der Waals surface area contributed by atoms with E-state index in [0.29, 0.717) is 17.4 Å². The van der Waals surface area contributed by atoms with Crippen LogP contribution in [0.15, 0.2) is 27.4 Å². The first-order chi connectivity index (χ1) is 7.13. The lowest BCUT2D eigenvalue weighted by Gasteiger charge is -2.05. The summed E-state index contributed by atoms with van der Waals surface area (Å²) in [5.74, 6) is -0.0605. The summed E-state index contributed by atoms with van der Waals surface area (Å²) in [6.45, 7) is 1.83. The second-order valence-electron chi connectivity index (χ2n) is 3.24. The normalized spacial score (nSPS) is 10.7. The molecule has 0 aliphatic carbocycles. The van der Waals surface area contributed by atoms with E-state index in [4.69, 9.17) is 4.42 Å². The van der Waals surface area contributed by atoms with Gasteiger partial charge in [0, 0.05) is 5.56 Å². The fraction of sp³-hybridized carbons (Fsp3) is 0.182. The Kier molecular flexibility index (Phi) is 2.11. The molecule has 0 bridgehead atoms. The van der Waals surface area contributed by atoms with Crippen molar-refractivity contribution < 1.29 is 14.6 Å². The van der Waals surface area contributed by atoms with Crippen LogP contribution < -0.4 is 5.63 Å². The van der Waals surface area contributed by atoms with Crippen molar-refractivity contribution in [3.05, 3.63) is 34.2 Å². The van der Waals surface area contributed by atoms with Gasteiger partial charge in [0.15, 0.2) is 0 Å². The second kappa shape index (κ2) is 3.31. The predicted molar refractivity (Wildman–Crippen MR) is 55.2 cm³/mol. The van der Waals surface area contributed by atoms with Gasteiger partial charge in [0.2, 0.25) is 0 Å². The summed E-state index contributed by atoms with van der Waals surface area (Å²) in [7, 11) is 0. The first kappa shape index (κ1) is 9.58. The lowest BCUT2D eigenvalue weighted by atomic mass is 10.1. The maximum atomic E-state index is 11.1. The van der Waals surface area contributed by atoms with Gasteiger partial charge in [-0.3, -0.25) is 0 Å². The van der Waals surface area contributed by atoms with E-state index in [1.165, 1.54) is 12.1 Å². The number of rotatable bonds is 1. The number of benzene rings is 1. The number of hydrogen-bond acceptors (Lipinski definition) is 4. The summed E-state index contributed by atoms with van der Waals surface area (Å²) in [5.41, 5.74) is 0.156. The van der Waals surface area contributed by atoms with Crippen LogP contribution in [0.5, 0.6) is 11.5 Å². The van der Waals surface area contributed by atoms with Crippen molar-refractivity contribution in [1.82, 2.24) is 0 Å². The van der Waals surface area contributed by atoms with Crippen molar-refractivity contribution in [2.75, 3.05) is 0 Å². The molecule has 0 saturated carbocycles. The van der Waals surface area contributed by atoms with Crippen LogP contribution in [0.1, 0.15) is 12.5 Å². The van der Waals surface area contributed by atoms with Crippen molar-refractivity contribution in [3.8, 4) is 11.5 Å². The molecule has 0 radical (unpaired) electrons. The molecule has 0 atom stereocenters. The second-order valence-corrected chi connectivity index (χ2v) is 3.24. The van der Waals surface area contributed by atoms with Gasteiger partial charge in [-0.15, -0.1) is 0 Å². The average molecular weight is 206 g/mol. The third-order valence-corrected chi connectivity index (χ3v) is 2.32. The van der Waals surface area contributed by atoms with Crippen molar-refractivity contribution in [2.45, 2.75) is 13.3 Å². The molecule has 0 saturated heterocycles.